The van der Waals surface area contributed by atoms with Gasteiger partial charge in [-0.25, -0.2) is 10.0 Å². The van der Waals surface area contributed by atoms with Gasteiger partial charge >= 0.3 is 0 Å². The topological polar surface area (TPSA) is 80.8 Å². The lowest BCUT2D eigenvalue weighted by Gasteiger charge is -2.33. The van der Waals surface area contributed by atoms with Crippen molar-refractivity contribution in [1.82, 2.24) is 10.3 Å². The van der Waals surface area contributed by atoms with Crippen LogP contribution in [0.4, 0.5) is 5.69 Å². The first-order chi connectivity index (χ1) is 13.1. The van der Waals surface area contributed by atoms with Crippen molar-refractivity contribution < 1.29 is 4.79 Å². The third-order valence-corrected chi connectivity index (χ3v) is 6.53. The van der Waals surface area contributed by atoms with E-state index < -0.39 is 5.54 Å². The van der Waals surface area contributed by atoms with Crippen LogP contribution in [0.15, 0.2) is 34.4 Å². The number of fused-ring (bicyclic) bond motifs is 3. The summed E-state index contributed by atoms with van der Waals surface area (Å²) < 4.78 is 0. The molecule has 2 heterocycles. The first-order valence-corrected chi connectivity index (χ1v) is 10.4. The van der Waals surface area contributed by atoms with E-state index in [-0.39, 0.29) is 17.2 Å². The molecule has 140 valence electrons. The molecule has 2 aliphatic heterocycles. The molecular weight excluding hydrogens is 358 g/mol. The highest BCUT2D eigenvalue weighted by Gasteiger charge is 2.37. The molecule has 1 aromatic carbocycles. The summed E-state index contributed by atoms with van der Waals surface area (Å²) in [5.41, 5.74) is 1.40. The standard InChI is InChI=1S/C20H23N5OS/c1-14(18(26)24-20(13-21)10-5-2-6-11-20)27-19-23-16-8-4-3-7-15(16)17-9-12-22-25(17)19/h3-4,7-8,12,14,17H,2,5-6,9-11H2,1H3,(H,24,26)/t14-,17+/m0/s1. The van der Waals surface area contributed by atoms with Crippen LogP contribution >= 0.6 is 11.8 Å². The van der Waals surface area contributed by atoms with Crippen LogP contribution in [0.3, 0.4) is 0 Å². The predicted molar refractivity (Wildman–Crippen MR) is 108 cm³/mol. The van der Waals surface area contributed by atoms with Crippen molar-refractivity contribution in [2.75, 3.05) is 0 Å². The maximum Gasteiger partial charge on any atom is 0.234 e. The summed E-state index contributed by atoms with van der Waals surface area (Å²) in [5.74, 6) is -0.107. The molecule has 1 aromatic rings. The molecular formula is C20H23N5OS. The van der Waals surface area contributed by atoms with Crippen LogP contribution in [0.5, 0.6) is 0 Å². The van der Waals surface area contributed by atoms with E-state index in [9.17, 15) is 10.1 Å². The number of benzene rings is 1. The maximum absolute atomic E-state index is 12.8. The molecule has 1 fully saturated rings. The number of nitrogens with one attached hydrogen (secondary N) is 1. The molecule has 7 heteroatoms. The molecule has 27 heavy (non-hydrogen) atoms. The highest BCUT2D eigenvalue weighted by Crippen LogP contribution is 2.41. The predicted octanol–water partition coefficient (Wildman–Crippen LogP) is 3.88. The fourth-order valence-corrected chi connectivity index (χ4v) is 4.85. The van der Waals surface area contributed by atoms with Crippen molar-refractivity contribution in [3.63, 3.8) is 0 Å². The Hall–Kier alpha value is -2.33. The molecule has 1 N–H and O–H groups in total. The Morgan fingerprint density at radius 1 is 1.37 bits per heavy atom. The first kappa shape index (κ1) is 18.1. The Morgan fingerprint density at radius 3 is 2.93 bits per heavy atom. The van der Waals surface area contributed by atoms with E-state index in [1.54, 1.807) is 0 Å². The average molecular weight is 382 g/mol. The first-order valence-electron chi connectivity index (χ1n) is 9.51. The number of amides is 1. The second-order valence-electron chi connectivity index (χ2n) is 7.35. The zero-order chi connectivity index (χ0) is 18.9. The van der Waals surface area contributed by atoms with Gasteiger partial charge < -0.3 is 5.32 Å². The number of carbonyl (C=O) groups excluding carboxylic acids is 1. The molecule has 0 spiro atoms. The number of nitriles is 1. The molecule has 6 nitrogen and oxygen atoms in total. The van der Waals surface area contributed by atoms with Crippen LogP contribution in [-0.2, 0) is 4.79 Å². The lowest BCUT2D eigenvalue weighted by molar-refractivity contribution is -0.121. The van der Waals surface area contributed by atoms with Crippen molar-refractivity contribution in [3.05, 3.63) is 29.8 Å². The number of carbonyl (C=O) groups is 1. The van der Waals surface area contributed by atoms with Gasteiger partial charge in [-0.2, -0.15) is 10.4 Å². The van der Waals surface area contributed by atoms with Gasteiger partial charge in [0, 0.05) is 18.2 Å². The highest BCUT2D eigenvalue weighted by atomic mass is 32.2. The summed E-state index contributed by atoms with van der Waals surface area (Å²) in [6.07, 6.45) is 7.33. The van der Waals surface area contributed by atoms with Gasteiger partial charge in [0.2, 0.25) is 5.91 Å². The highest BCUT2D eigenvalue weighted by molar-refractivity contribution is 8.14. The molecule has 0 aromatic heterocycles. The minimum absolute atomic E-state index is 0.107. The molecule has 0 unspecified atom stereocenters. The summed E-state index contributed by atoms with van der Waals surface area (Å²) in [7, 11) is 0. The van der Waals surface area contributed by atoms with Crippen molar-refractivity contribution in [1.29, 1.82) is 5.26 Å². The van der Waals surface area contributed by atoms with E-state index in [0.29, 0.717) is 0 Å². The zero-order valence-corrected chi connectivity index (χ0v) is 16.2. The number of hydrogen-bond donors (Lipinski definition) is 1. The molecule has 1 aliphatic carbocycles. The molecule has 0 bridgehead atoms. The fraction of sp³-hybridized carbons (Fsp3) is 0.500. The monoisotopic (exact) mass is 381 g/mol. The van der Waals surface area contributed by atoms with E-state index in [1.165, 1.54) is 17.3 Å². The minimum Gasteiger partial charge on any atom is -0.337 e. The number of hydrogen-bond acceptors (Lipinski definition) is 6. The van der Waals surface area contributed by atoms with Crippen LogP contribution in [0.2, 0.25) is 0 Å². The lowest BCUT2D eigenvalue weighted by Crippen LogP contribution is -2.51. The zero-order valence-electron chi connectivity index (χ0n) is 15.4. The van der Waals surface area contributed by atoms with E-state index in [0.717, 1.165) is 49.4 Å². The third kappa shape index (κ3) is 3.46. The Morgan fingerprint density at radius 2 is 2.15 bits per heavy atom. The van der Waals surface area contributed by atoms with Crippen LogP contribution in [0.1, 0.15) is 57.1 Å². The van der Waals surface area contributed by atoms with Crippen LogP contribution in [-0.4, -0.2) is 33.1 Å². The van der Waals surface area contributed by atoms with Crippen LogP contribution in [0.25, 0.3) is 0 Å². The molecule has 1 amide bonds. The van der Waals surface area contributed by atoms with E-state index in [4.69, 9.17) is 4.99 Å². The van der Waals surface area contributed by atoms with Crippen LogP contribution < -0.4 is 5.32 Å². The molecule has 0 saturated heterocycles. The molecule has 4 rings (SSSR count). The summed E-state index contributed by atoms with van der Waals surface area (Å²) in [4.78, 5) is 17.5. The fourth-order valence-electron chi connectivity index (χ4n) is 3.93. The number of aliphatic imine (C=N–C) groups is 1. The number of rotatable bonds is 3. The Bertz CT molecular complexity index is 837. The average Bonchev–Trinajstić information content (AvgIpc) is 3.19. The largest absolute Gasteiger partial charge is 0.337 e. The Kier molecular flexibility index (Phi) is 4.92. The van der Waals surface area contributed by atoms with Gasteiger partial charge in [-0.3, -0.25) is 4.79 Å². The van der Waals surface area contributed by atoms with Gasteiger partial charge in [0.05, 0.1) is 23.0 Å². The smallest absolute Gasteiger partial charge is 0.234 e. The van der Waals surface area contributed by atoms with Gasteiger partial charge in [0.1, 0.15) is 5.54 Å². The third-order valence-electron chi connectivity index (χ3n) is 5.47. The minimum atomic E-state index is -0.709. The van der Waals surface area contributed by atoms with E-state index in [1.807, 2.05) is 36.3 Å². The van der Waals surface area contributed by atoms with E-state index in [2.05, 4.69) is 22.6 Å². The van der Waals surface area contributed by atoms with Crippen molar-refractivity contribution in [2.24, 2.45) is 10.1 Å². The lowest BCUT2D eigenvalue weighted by atomic mass is 9.83. The van der Waals surface area contributed by atoms with Gasteiger partial charge in [0.25, 0.3) is 0 Å². The van der Waals surface area contributed by atoms with Gasteiger partial charge in [0.15, 0.2) is 5.17 Å². The summed E-state index contributed by atoms with van der Waals surface area (Å²) >= 11 is 1.41. The van der Waals surface area contributed by atoms with Crippen molar-refractivity contribution >= 4 is 34.7 Å². The maximum atomic E-state index is 12.8. The Labute approximate surface area is 163 Å². The number of nitrogens with zero attached hydrogens (tertiary/aromatic N) is 4. The number of thioether (sulfide) groups is 1. The molecule has 3 aliphatic rings. The van der Waals surface area contributed by atoms with Crippen molar-refractivity contribution in [2.45, 2.75) is 62.3 Å². The summed E-state index contributed by atoms with van der Waals surface area (Å²) in [6, 6.07) is 10.6. The summed E-state index contributed by atoms with van der Waals surface area (Å²) in [5, 5.41) is 19.4. The second-order valence-corrected chi connectivity index (χ2v) is 8.66. The molecule has 2 atom stereocenters. The quantitative estimate of drug-likeness (QED) is 0.861. The van der Waals surface area contributed by atoms with Gasteiger partial charge in [-0.1, -0.05) is 49.2 Å². The van der Waals surface area contributed by atoms with E-state index >= 15 is 0 Å². The number of amidine groups is 1. The number of hydrazone groups is 1. The normalized spacial score (nSPS) is 23.6. The Balaban J connectivity index is 1.50. The number of para-hydroxylation sites is 1. The van der Waals surface area contributed by atoms with Gasteiger partial charge in [-0.15, -0.1) is 0 Å². The SMILES string of the molecule is C[C@H](SC1=Nc2ccccc2[C@H]2CC=NN12)C(=O)NC1(C#N)CCCCC1. The summed E-state index contributed by atoms with van der Waals surface area (Å²) in [6.45, 7) is 1.87. The second kappa shape index (κ2) is 7.35. The van der Waals surface area contributed by atoms with Crippen molar-refractivity contribution in [3.8, 4) is 6.07 Å². The van der Waals surface area contributed by atoms with Gasteiger partial charge in [-0.05, 0) is 25.8 Å². The molecule has 1 saturated carbocycles. The van der Waals surface area contributed by atoms with Crippen LogP contribution in [0, 0.1) is 11.3 Å². The molecule has 0 radical (unpaired) electrons.